The molecule has 0 spiro atoms. The summed E-state index contributed by atoms with van der Waals surface area (Å²) in [5.41, 5.74) is -0.704. The Balaban J connectivity index is 2.88. The second kappa shape index (κ2) is 4.57. The van der Waals surface area contributed by atoms with Crippen molar-refractivity contribution < 1.29 is 18.0 Å². The molecule has 81 valence electrons. The van der Waals surface area contributed by atoms with Crippen LogP contribution >= 0.6 is 12.6 Å². The van der Waals surface area contributed by atoms with Crippen LogP contribution in [-0.2, 0) is 11.0 Å². The van der Waals surface area contributed by atoms with E-state index in [2.05, 4.69) is 17.9 Å². The summed E-state index contributed by atoms with van der Waals surface area (Å²) in [7, 11) is 0. The molecular formula is C9H7F3NOS. The largest absolute Gasteiger partial charge is 0.416 e. The minimum atomic E-state index is -4.41. The van der Waals surface area contributed by atoms with E-state index in [0.717, 1.165) is 12.1 Å². The molecule has 1 N–H and O–H groups in total. The van der Waals surface area contributed by atoms with Crippen molar-refractivity contribution in [3.05, 3.63) is 29.8 Å². The first kappa shape index (κ1) is 11.9. The van der Waals surface area contributed by atoms with Gasteiger partial charge in [-0.05, 0) is 18.2 Å². The Morgan fingerprint density at radius 2 is 2.07 bits per heavy atom. The van der Waals surface area contributed by atoms with Crippen LogP contribution < -0.4 is 5.32 Å². The average molecular weight is 234 g/mol. The fourth-order valence-electron chi connectivity index (χ4n) is 0.970. The first-order chi connectivity index (χ1) is 6.93. The molecule has 1 rings (SSSR count). The monoisotopic (exact) mass is 234 g/mol. The minimum Gasteiger partial charge on any atom is -0.325 e. The molecule has 6 heteroatoms. The third-order valence-corrected chi connectivity index (χ3v) is 1.87. The molecule has 0 fully saturated rings. The number of benzene rings is 1. The zero-order valence-electron chi connectivity index (χ0n) is 7.47. The van der Waals surface area contributed by atoms with Gasteiger partial charge in [0.15, 0.2) is 0 Å². The molecule has 1 aromatic carbocycles. The van der Waals surface area contributed by atoms with Gasteiger partial charge in [0.25, 0.3) is 0 Å². The maximum Gasteiger partial charge on any atom is 0.416 e. The lowest BCUT2D eigenvalue weighted by Crippen LogP contribution is -2.13. The Bertz CT molecular complexity index is 365. The van der Waals surface area contributed by atoms with Crippen molar-refractivity contribution in [1.82, 2.24) is 0 Å². The molecule has 1 amide bonds. The summed E-state index contributed by atoms with van der Waals surface area (Å²) in [4.78, 5) is 10.8. The van der Waals surface area contributed by atoms with Crippen molar-refractivity contribution in [2.75, 3.05) is 11.1 Å². The van der Waals surface area contributed by atoms with Gasteiger partial charge in [-0.25, -0.2) is 0 Å². The van der Waals surface area contributed by atoms with E-state index in [1.165, 1.54) is 12.1 Å². The molecule has 2 nitrogen and oxygen atoms in total. The number of hydrogen-bond donors (Lipinski definition) is 1. The van der Waals surface area contributed by atoms with Gasteiger partial charge in [-0.3, -0.25) is 4.79 Å². The van der Waals surface area contributed by atoms with E-state index in [-0.39, 0.29) is 11.4 Å². The van der Waals surface area contributed by atoms with Crippen molar-refractivity contribution >= 4 is 24.2 Å². The van der Waals surface area contributed by atoms with Gasteiger partial charge in [0.2, 0.25) is 5.91 Å². The highest BCUT2D eigenvalue weighted by Crippen LogP contribution is 2.30. The quantitative estimate of drug-likeness (QED) is 0.837. The second-order valence-corrected chi connectivity index (χ2v) is 3.06. The summed E-state index contributed by atoms with van der Waals surface area (Å²) in [6.07, 6.45) is -4.41. The molecule has 0 bridgehead atoms. The van der Waals surface area contributed by atoms with E-state index in [9.17, 15) is 18.0 Å². The standard InChI is InChI=1S/C9H7F3NOS/c10-9(11,12)6-2-1-3-7(4-6)13-8(14)5-15/h1-4H,5H2,(H,13,14). The topological polar surface area (TPSA) is 29.1 Å². The molecular weight excluding hydrogens is 227 g/mol. The van der Waals surface area contributed by atoms with E-state index >= 15 is 0 Å². The SMILES string of the molecule is O=C(C[S])Nc1cccc(C(F)(F)F)c1. The van der Waals surface area contributed by atoms with E-state index in [4.69, 9.17) is 0 Å². The zero-order chi connectivity index (χ0) is 11.5. The van der Waals surface area contributed by atoms with Crippen LogP contribution in [0.1, 0.15) is 5.56 Å². The van der Waals surface area contributed by atoms with Crippen LogP contribution in [0.15, 0.2) is 24.3 Å². The Kier molecular flexibility index (Phi) is 3.62. The summed E-state index contributed by atoms with van der Waals surface area (Å²) in [5, 5.41) is 2.26. The maximum absolute atomic E-state index is 12.3. The molecule has 0 saturated carbocycles. The maximum atomic E-state index is 12.3. The third kappa shape index (κ3) is 3.47. The highest BCUT2D eigenvalue weighted by atomic mass is 32.1. The second-order valence-electron chi connectivity index (χ2n) is 2.77. The lowest BCUT2D eigenvalue weighted by Gasteiger charge is -2.08. The van der Waals surface area contributed by atoms with Crippen molar-refractivity contribution in [3.63, 3.8) is 0 Å². The van der Waals surface area contributed by atoms with Crippen LogP contribution in [-0.4, -0.2) is 11.7 Å². The Morgan fingerprint density at radius 1 is 1.40 bits per heavy atom. The number of alkyl halides is 3. The number of nitrogens with one attached hydrogen (secondary N) is 1. The van der Waals surface area contributed by atoms with Gasteiger partial charge in [0.05, 0.1) is 11.3 Å². The fraction of sp³-hybridized carbons (Fsp3) is 0.222. The van der Waals surface area contributed by atoms with Crippen LogP contribution in [0, 0.1) is 0 Å². The molecule has 1 aromatic rings. The molecule has 0 aliphatic heterocycles. The minimum absolute atomic E-state index is 0.0969. The Hall–Kier alpha value is -1.17. The predicted octanol–water partition coefficient (Wildman–Crippen LogP) is 2.84. The lowest BCUT2D eigenvalue weighted by atomic mass is 10.2. The van der Waals surface area contributed by atoms with E-state index in [1.54, 1.807) is 0 Å². The molecule has 0 unspecified atom stereocenters. The smallest absolute Gasteiger partial charge is 0.325 e. The summed E-state index contributed by atoms with van der Waals surface area (Å²) >= 11 is 4.45. The first-order valence-electron chi connectivity index (χ1n) is 3.98. The number of halogens is 3. The molecule has 0 aliphatic rings. The number of carbonyl (C=O) groups is 1. The molecule has 0 aromatic heterocycles. The van der Waals surface area contributed by atoms with Gasteiger partial charge in [0, 0.05) is 5.69 Å². The molecule has 0 atom stereocenters. The van der Waals surface area contributed by atoms with Gasteiger partial charge >= 0.3 is 6.18 Å². The van der Waals surface area contributed by atoms with Crippen LogP contribution in [0.2, 0.25) is 0 Å². The summed E-state index contributed by atoms with van der Waals surface area (Å²) in [6.45, 7) is 0. The Labute approximate surface area is 89.9 Å². The number of carbonyl (C=O) groups excluding carboxylic acids is 1. The summed E-state index contributed by atoms with van der Waals surface area (Å²) in [6, 6.07) is 4.40. The Morgan fingerprint density at radius 3 is 2.60 bits per heavy atom. The van der Waals surface area contributed by atoms with Crippen LogP contribution in [0.5, 0.6) is 0 Å². The molecule has 0 aliphatic carbocycles. The third-order valence-electron chi connectivity index (χ3n) is 1.60. The average Bonchev–Trinajstić information content (AvgIpc) is 2.17. The van der Waals surface area contributed by atoms with Crippen LogP contribution in [0.4, 0.5) is 18.9 Å². The van der Waals surface area contributed by atoms with Gasteiger partial charge in [-0.15, -0.1) is 0 Å². The van der Waals surface area contributed by atoms with Crippen molar-refractivity contribution in [1.29, 1.82) is 0 Å². The van der Waals surface area contributed by atoms with Gasteiger partial charge in [0.1, 0.15) is 0 Å². The lowest BCUT2D eigenvalue weighted by molar-refractivity contribution is -0.137. The molecule has 0 heterocycles. The predicted molar refractivity (Wildman–Crippen MR) is 52.5 cm³/mol. The van der Waals surface area contributed by atoms with Crippen molar-refractivity contribution in [2.24, 2.45) is 0 Å². The molecule has 15 heavy (non-hydrogen) atoms. The summed E-state index contributed by atoms with van der Waals surface area (Å²) < 4.78 is 36.8. The van der Waals surface area contributed by atoms with E-state index < -0.39 is 17.6 Å². The van der Waals surface area contributed by atoms with Gasteiger partial charge in [-0.2, -0.15) is 13.2 Å². The van der Waals surface area contributed by atoms with E-state index in [0.29, 0.717) is 0 Å². The molecule has 0 saturated heterocycles. The highest BCUT2D eigenvalue weighted by Gasteiger charge is 2.30. The van der Waals surface area contributed by atoms with Crippen molar-refractivity contribution in [3.8, 4) is 0 Å². The fourth-order valence-corrected chi connectivity index (χ4v) is 1.04. The zero-order valence-corrected chi connectivity index (χ0v) is 8.28. The number of amides is 1. The first-order valence-corrected chi connectivity index (χ1v) is 4.56. The summed E-state index contributed by atoms with van der Waals surface area (Å²) in [5.74, 6) is -0.680. The molecule has 1 radical (unpaired) electrons. The number of anilines is 1. The highest BCUT2D eigenvalue weighted by molar-refractivity contribution is 7.81. The van der Waals surface area contributed by atoms with Crippen LogP contribution in [0.3, 0.4) is 0 Å². The number of rotatable bonds is 2. The van der Waals surface area contributed by atoms with E-state index in [1.807, 2.05) is 0 Å². The normalized spacial score (nSPS) is 11.2. The van der Waals surface area contributed by atoms with Gasteiger partial charge in [-0.1, -0.05) is 18.7 Å². The number of hydrogen-bond acceptors (Lipinski definition) is 1. The van der Waals surface area contributed by atoms with Crippen LogP contribution in [0.25, 0.3) is 0 Å². The van der Waals surface area contributed by atoms with Crippen molar-refractivity contribution in [2.45, 2.75) is 6.18 Å². The van der Waals surface area contributed by atoms with Gasteiger partial charge < -0.3 is 5.32 Å².